The highest BCUT2D eigenvalue weighted by Crippen LogP contribution is 2.49. The van der Waals surface area contributed by atoms with E-state index < -0.39 is 0 Å². The molecule has 0 N–H and O–H groups in total. The molecule has 3 fully saturated rings. The first kappa shape index (κ1) is 17.7. The van der Waals surface area contributed by atoms with Crippen LogP contribution in [0.2, 0.25) is 10.0 Å². The molecule has 0 unspecified atom stereocenters. The monoisotopic (exact) mass is 469 g/mol. The number of ether oxygens (including phenoxy) is 1. The Bertz CT molecular complexity index is 951. The van der Waals surface area contributed by atoms with Crippen molar-refractivity contribution in [1.82, 2.24) is 9.78 Å². The van der Waals surface area contributed by atoms with Crippen LogP contribution < -0.4 is 4.90 Å². The van der Waals surface area contributed by atoms with Gasteiger partial charge < -0.3 is 4.74 Å². The molecule has 0 saturated carbocycles. The predicted octanol–water partition coefficient (Wildman–Crippen LogP) is 3.67. The number of benzene rings is 1. The van der Waals surface area contributed by atoms with Crippen LogP contribution in [0.5, 0.6) is 0 Å². The third-order valence-corrected chi connectivity index (χ3v) is 6.69. The number of fused-ring (bicyclic) bond motifs is 5. The number of carbonyl (C=O) groups excluding carboxylic acids is 2. The highest BCUT2D eigenvalue weighted by atomic mass is 79.9. The zero-order valence-corrected chi connectivity index (χ0v) is 17.0. The molecule has 4 atom stereocenters. The van der Waals surface area contributed by atoms with E-state index in [1.807, 2.05) is 6.07 Å². The lowest BCUT2D eigenvalue weighted by Gasteiger charge is -2.15. The number of amides is 2. The van der Waals surface area contributed by atoms with Gasteiger partial charge in [0.15, 0.2) is 5.82 Å². The summed E-state index contributed by atoms with van der Waals surface area (Å²) in [7, 11) is 0. The summed E-state index contributed by atoms with van der Waals surface area (Å²) < 4.78 is 8.00. The maximum atomic E-state index is 12.9. The van der Waals surface area contributed by atoms with Gasteiger partial charge in [0.2, 0.25) is 11.8 Å². The molecule has 27 heavy (non-hydrogen) atoms. The average Bonchev–Trinajstić information content (AvgIpc) is 3.36. The standard InChI is InChI=1S/C18H14BrCl2N3O3/c19-10-7-23(6-8-1-2-9(20)5-11(8)21)22-16(10)24-17(25)14-12-3-4-13(27-12)15(14)18(24)26/h1-2,5,7,12-15H,3-4,6H2/t12-,13+,14-,15+. The number of rotatable bonds is 3. The summed E-state index contributed by atoms with van der Waals surface area (Å²) >= 11 is 15.6. The zero-order chi connectivity index (χ0) is 18.9. The summed E-state index contributed by atoms with van der Waals surface area (Å²) in [5.74, 6) is -0.859. The summed E-state index contributed by atoms with van der Waals surface area (Å²) in [6, 6.07) is 5.25. The second kappa shape index (κ2) is 6.30. The van der Waals surface area contributed by atoms with Crippen molar-refractivity contribution in [2.24, 2.45) is 11.8 Å². The van der Waals surface area contributed by atoms with Gasteiger partial charge in [0.05, 0.1) is 35.1 Å². The second-order valence-electron chi connectivity index (χ2n) is 7.09. The van der Waals surface area contributed by atoms with Gasteiger partial charge in [-0.2, -0.15) is 5.10 Å². The minimum atomic E-state index is -0.376. The van der Waals surface area contributed by atoms with Gasteiger partial charge >= 0.3 is 0 Å². The van der Waals surface area contributed by atoms with Crippen molar-refractivity contribution in [3.63, 3.8) is 0 Å². The smallest absolute Gasteiger partial charge is 0.241 e. The van der Waals surface area contributed by atoms with Crippen LogP contribution in [0.25, 0.3) is 0 Å². The molecular weight excluding hydrogens is 457 g/mol. The second-order valence-corrected chi connectivity index (χ2v) is 8.79. The Morgan fingerprint density at radius 2 is 1.81 bits per heavy atom. The topological polar surface area (TPSA) is 64.4 Å². The van der Waals surface area contributed by atoms with Crippen LogP contribution in [0.15, 0.2) is 28.9 Å². The molecule has 9 heteroatoms. The molecule has 1 aromatic carbocycles. The highest BCUT2D eigenvalue weighted by Gasteiger charge is 2.63. The molecular formula is C18H14BrCl2N3O3. The first-order valence-electron chi connectivity index (χ1n) is 8.64. The SMILES string of the molecule is O=C1[C@@H]2[C@H](C(=O)N1c1nn(Cc3ccc(Cl)cc3Cl)cc1Br)[C@H]1CC[C@@H]2O1. The Balaban J connectivity index is 1.45. The molecule has 0 spiro atoms. The van der Waals surface area contributed by atoms with Crippen molar-refractivity contribution in [3.8, 4) is 0 Å². The Morgan fingerprint density at radius 1 is 1.15 bits per heavy atom. The molecule has 140 valence electrons. The van der Waals surface area contributed by atoms with E-state index in [1.54, 1.807) is 23.0 Å². The highest BCUT2D eigenvalue weighted by molar-refractivity contribution is 9.10. The van der Waals surface area contributed by atoms with Gasteiger partial charge in [-0.1, -0.05) is 29.3 Å². The van der Waals surface area contributed by atoms with Gasteiger partial charge in [0, 0.05) is 16.2 Å². The van der Waals surface area contributed by atoms with E-state index in [0.29, 0.717) is 26.9 Å². The largest absolute Gasteiger partial charge is 0.373 e. The summed E-state index contributed by atoms with van der Waals surface area (Å²) in [5.41, 5.74) is 0.838. The van der Waals surface area contributed by atoms with Gasteiger partial charge in [0.25, 0.3) is 0 Å². The first-order chi connectivity index (χ1) is 12.9. The minimum absolute atomic E-state index is 0.143. The molecule has 5 rings (SSSR count). The van der Waals surface area contributed by atoms with Gasteiger partial charge in [-0.3, -0.25) is 14.3 Å². The zero-order valence-electron chi connectivity index (χ0n) is 13.9. The van der Waals surface area contributed by atoms with Crippen LogP contribution in [0, 0.1) is 11.8 Å². The predicted molar refractivity (Wildman–Crippen MR) is 103 cm³/mol. The van der Waals surface area contributed by atoms with Crippen molar-refractivity contribution in [1.29, 1.82) is 0 Å². The van der Waals surface area contributed by atoms with E-state index in [4.69, 9.17) is 27.9 Å². The molecule has 1 aromatic heterocycles. The number of nitrogens with zero attached hydrogens (tertiary/aromatic N) is 3. The number of hydrogen-bond acceptors (Lipinski definition) is 4. The van der Waals surface area contributed by atoms with Gasteiger partial charge in [-0.05, 0) is 46.5 Å². The van der Waals surface area contributed by atoms with E-state index in [2.05, 4.69) is 21.0 Å². The van der Waals surface area contributed by atoms with Crippen LogP contribution >= 0.6 is 39.1 Å². The Kier molecular flexibility index (Phi) is 4.13. The molecule has 2 bridgehead atoms. The molecule has 2 amide bonds. The van der Waals surface area contributed by atoms with E-state index in [1.165, 1.54) is 4.90 Å². The Hall–Kier alpha value is -1.41. The number of aromatic nitrogens is 2. The number of hydrogen-bond donors (Lipinski definition) is 0. The third-order valence-electron chi connectivity index (χ3n) is 5.54. The number of carbonyl (C=O) groups is 2. The van der Waals surface area contributed by atoms with Gasteiger partial charge in [-0.25, -0.2) is 4.90 Å². The molecule has 2 aromatic rings. The Labute approximate surface area is 173 Å². The van der Waals surface area contributed by atoms with E-state index in [9.17, 15) is 9.59 Å². The molecule has 0 radical (unpaired) electrons. The fourth-order valence-corrected chi connectivity index (χ4v) is 5.33. The lowest BCUT2D eigenvalue weighted by atomic mass is 9.81. The van der Waals surface area contributed by atoms with Crippen molar-refractivity contribution in [2.45, 2.75) is 31.6 Å². The fraction of sp³-hybridized carbons (Fsp3) is 0.389. The summed E-state index contributed by atoms with van der Waals surface area (Å²) in [6.07, 6.45) is 3.12. The molecule has 6 nitrogen and oxygen atoms in total. The van der Waals surface area contributed by atoms with Crippen molar-refractivity contribution >= 4 is 56.8 Å². The summed E-state index contributed by atoms with van der Waals surface area (Å²) in [6.45, 7) is 0.395. The number of halogens is 3. The Morgan fingerprint density at radius 3 is 2.44 bits per heavy atom. The minimum Gasteiger partial charge on any atom is -0.373 e. The van der Waals surface area contributed by atoms with Crippen LogP contribution in [-0.4, -0.2) is 33.8 Å². The average molecular weight is 471 g/mol. The van der Waals surface area contributed by atoms with Gasteiger partial charge in [0.1, 0.15) is 0 Å². The normalized spacial score (nSPS) is 29.1. The van der Waals surface area contributed by atoms with Crippen LogP contribution in [0.4, 0.5) is 5.82 Å². The molecule has 0 aliphatic carbocycles. The molecule has 4 heterocycles. The van der Waals surface area contributed by atoms with Crippen LogP contribution in [0.3, 0.4) is 0 Å². The van der Waals surface area contributed by atoms with Crippen molar-refractivity contribution < 1.29 is 14.3 Å². The lowest BCUT2D eigenvalue weighted by Crippen LogP contribution is -2.34. The molecule has 3 saturated heterocycles. The lowest BCUT2D eigenvalue weighted by molar-refractivity contribution is -0.124. The van der Waals surface area contributed by atoms with E-state index in [-0.39, 0.29) is 35.9 Å². The maximum absolute atomic E-state index is 12.9. The van der Waals surface area contributed by atoms with Gasteiger partial charge in [-0.15, -0.1) is 0 Å². The number of imide groups is 1. The summed E-state index contributed by atoms with van der Waals surface area (Å²) in [4.78, 5) is 27.1. The van der Waals surface area contributed by atoms with E-state index in [0.717, 1.165) is 18.4 Å². The molecule has 3 aliphatic rings. The third kappa shape index (κ3) is 2.67. The van der Waals surface area contributed by atoms with E-state index >= 15 is 0 Å². The molecule has 3 aliphatic heterocycles. The van der Waals surface area contributed by atoms with Crippen molar-refractivity contribution in [3.05, 3.63) is 44.5 Å². The number of anilines is 1. The summed E-state index contributed by atoms with van der Waals surface area (Å²) in [5, 5.41) is 5.56. The van der Waals surface area contributed by atoms with Crippen LogP contribution in [0.1, 0.15) is 18.4 Å². The fourth-order valence-electron chi connectivity index (χ4n) is 4.36. The first-order valence-corrected chi connectivity index (χ1v) is 10.2. The van der Waals surface area contributed by atoms with Crippen LogP contribution in [-0.2, 0) is 20.9 Å². The quantitative estimate of drug-likeness (QED) is 0.642. The maximum Gasteiger partial charge on any atom is 0.241 e. The van der Waals surface area contributed by atoms with Crippen molar-refractivity contribution in [2.75, 3.05) is 4.90 Å².